The monoisotopic (exact) mass is 382 g/mol. The maximum atomic E-state index is 13.5. The fraction of sp³-hybridized carbons (Fsp3) is 0.739. The summed E-state index contributed by atoms with van der Waals surface area (Å²) < 4.78 is 12.2. The molecule has 5 heteroatoms. The van der Waals surface area contributed by atoms with E-state index < -0.39 is 0 Å². The average Bonchev–Trinajstić information content (AvgIpc) is 3.08. The highest BCUT2D eigenvalue weighted by atomic mass is 16.5. The molecule has 6 aliphatic rings. The van der Waals surface area contributed by atoms with Gasteiger partial charge in [0.2, 0.25) is 5.91 Å². The number of pyridine rings is 1. The minimum atomic E-state index is -0.180. The molecule has 6 fully saturated rings. The normalized spacial score (nSPS) is 39.9. The van der Waals surface area contributed by atoms with E-state index in [0.29, 0.717) is 18.4 Å². The molecule has 0 unspecified atom stereocenters. The average molecular weight is 383 g/mol. The lowest BCUT2D eigenvalue weighted by Crippen LogP contribution is -2.69. The molecule has 5 nitrogen and oxygen atoms in total. The zero-order chi connectivity index (χ0) is 18.8. The molecule has 3 heterocycles. The second-order valence-corrected chi connectivity index (χ2v) is 10.3. The van der Waals surface area contributed by atoms with Crippen LogP contribution in [0, 0.1) is 29.1 Å². The van der Waals surface area contributed by atoms with Crippen molar-refractivity contribution in [1.82, 2.24) is 9.88 Å². The Hall–Kier alpha value is -1.62. The number of ether oxygens (including phenoxy) is 2. The molecule has 0 radical (unpaired) electrons. The summed E-state index contributed by atoms with van der Waals surface area (Å²) in [4.78, 5) is 19.8. The molecule has 28 heavy (non-hydrogen) atoms. The van der Waals surface area contributed by atoms with Crippen molar-refractivity contribution in [2.45, 2.75) is 50.5 Å². The molecular weight excluding hydrogens is 352 g/mol. The van der Waals surface area contributed by atoms with Crippen LogP contribution in [0.3, 0.4) is 0 Å². The molecule has 0 N–H and O–H groups in total. The van der Waals surface area contributed by atoms with Crippen LogP contribution in [0.25, 0.3) is 0 Å². The van der Waals surface area contributed by atoms with Crippen LogP contribution in [0.1, 0.15) is 44.9 Å². The van der Waals surface area contributed by atoms with Gasteiger partial charge in [0.15, 0.2) is 0 Å². The molecule has 4 aliphatic carbocycles. The van der Waals surface area contributed by atoms with Gasteiger partial charge < -0.3 is 14.4 Å². The first-order chi connectivity index (χ1) is 13.6. The van der Waals surface area contributed by atoms with Crippen LogP contribution in [-0.4, -0.2) is 47.7 Å². The molecule has 1 aromatic heterocycles. The second kappa shape index (κ2) is 6.19. The zero-order valence-corrected chi connectivity index (χ0v) is 16.5. The molecular formula is C23H30N2O3. The third-order valence-electron chi connectivity index (χ3n) is 8.38. The van der Waals surface area contributed by atoms with Gasteiger partial charge in [-0.3, -0.25) is 9.78 Å². The van der Waals surface area contributed by atoms with Crippen molar-refractivity contribution in [3.8, 4) is 5.75 Å². The number of hydrogen-bond donors (Lipinski definition) is 0. The first kappa shape index (κ1) is 17.3. The maximum absolute atomic E-state index is 13.5. The minimum Gasteiger partial charge on any atom is -0.492 e. The summed E-state index contributed by atoms with van der Waals surface area (Å²) in [6.07, 6.45) is 12.1. The van der Waals surface area contributed by atoms with Crippen LogP contribution in [0.4, 0.5) is 0 Å². The number of amides is 1. The van der Waals surface area contributed by atoms with Crippen LogP contribution in [0.5, 0.6) is 5.75 Å². The van der Waals surface area contributed by atoms with Gasteiger partial charge in [-0.25, -0.2) is 0 Å². The van der Waals surface area contributed by atoms with Gasteiger partial charge in [-0.05, 0) is 74.8 Å². The summed E-state index contributed by atoms with van der Waals surface area (Å²) in [6, 6.07) is 3.84. The first-order valence-electron chi connectivity index (χ1n) is 11.1. The van der Waals surface area contributed by atoms with Crippen LogP contribution in [0.2, 0.25) is 0 Å². The van der Waals surface area contributed by atoms with Crippen molar-refractivity contribution in [3.63, 3.8) is 0 Å². The molecule has 1 amide bonds. The van der Waals surface area contributed by atoms with Gasteiger partial charge in [-0.1, -0.05) is 0 Å². The van der Waals surface area contributed by atoms with E-state index in [-0.39, 0.29) is 11.0 Å². The number of likely N-dealkylation sites (tertiary alicyclic amines) is 1. The van der Waals surface area contributed by atoms with E-state index in [1.165, 1.54) is 19.3 Å². The molecule has 150 valence electrons. The lowest BCUT2D eigenvalue weighted by Gasteiger charge is -2.59. The van der Waals surface area contributed by atoms with Gasteiger partial charge in [0, 0.05) is 18.7 Å². The number of carbonyl (C=O) groups is 1. The lowest BCUT2D eigenvalue weighted by molar-refractivity contribution is -0.187. The number of rotatable bonds is 4. The van der Waals surface area contributed by atoms with Gasteiger partial charge in [0.1, 0.15) is 11.4 Å². The molecule has 2 aliphatic heterocycles. The van der Waals surface area contributed by atoms with Crippen molar-refractivity contribution in [3.05, 3.63) is 24.5 Å². The third kappa shape index (κ3) is 2.62. The van der Waals surface area contributed by atoms with Gasteiger partial charge in [0.05, 0.1) is 31.3 Å². The molecule has 4 bridgehead atoms. The van der Waals surface area contributed by atoms with Gasteiger partial charge in [0.25, 0.3) is 0 Å². The fourth-order valence-corrected chi connectivity index (χ4v) is 7.45. The van der Waals surface area contributed by atoms with E-state index in [4.69, 9.17) is 9.47 Å². The lowest BCUT2D eigenvalue weighted by atomic mass is 9.49. The van der Waals surface area contributed by atoms with Gasteiger partial charge in [-0.15, -0.1) is 0 Å². The van der Waals surface area contributed by atoms with E-state index in [1.807, 2.05) is 12.1 Å². The van der Waals surface area contributed by atoms with Crippen LogP contribution < -0.4 is 4.74 Å². The Morgan fingerprint density at radius 3 is 2.54 bits per heavy atom. The number of nitrogens with zero attached hydrogens (tertiary/aromatic N) is 2. The predicted molar refractivity (Wildman–Crippen MR) is 104 cm³/mol. The van der Waals surface area contributed by atoms with Gasteiger partial charge in [-0.2, -0.15) is 0 Å². The largest absolute Gasteiger partial charge is 0.492 e. The zero-order valence-electron chi connectivity index (χ0n) is 16.5. The number of carbonyl (C=O) groups excluding carboxylic acids is 1. The Balaban J connectivity index is 1.11. The SMILES string of the molecule is O=C(N1CC2(C1)OCC[C@@H]2COc1cccnc1)C12CC3CC(CC(C3)C1)C2. The van der Waals surface area contributed by atoms with Crippen LogP contribution in [-0.2, 0) is 9.53 Å². The second-order valence-electron chi connectivity index (χ2n) is 10.3. The Morgan fingerprint density at radius 2 is 1.89 bits per heavy atom. The van der Waals surface area contributed by atoms with Crippen LogP contribution in [0.15, 0.2) is 24.5 Å². The van der Waals surface area contributed by atoms with E-state index in [9.17, 15) is 4.79 Å². The molecule has 4 saturated carbocycles. The molecule has 0 aromatic carbocycles. The summed E-state index contributed by atoms with van der Waals surface area (Å²) in [5.74, 6) is 4.05. The topological polar surface area (TPSA) is 51.7 Å². The maximum Gasteiger partial charge on any atom is 0.229 e. The Morgan fingerprint density at radius 1 is 1.18 bits per heavy atom. The number of aromatic nitrogens is 1. The molecule has 1 aromatic rings. The molecule has 1 spiro atoms. The smallest absolute Gasteiger partial charge is 0.229 e. The summed E-state index contributed by atoms with van der Waals surface area (Å²) in [6.45, 7) is 2.94. The van der Waals surface area contributed by atoms with E-state index >= 15 is 0 Å². The van der Waals surface area contributed by atoms with Crippen LogP contribution >= 0.6 is 0 Å². The Kier molecular flexibility index (Phi) is 3.81. The summed E-state index contributed by atoms with van der Waals surface area (Å²) in [7, 11) is 0. The first-order valence-corrected chi connectivity index (χ1v) is 11.1. The Bertz CT molecular complexity index is 723. The van der Waals surface area contributed by atoms with Crippen molar-refractivity contribution in [2.75, 3.05) is 26.3 Å². The van der Waals surface area contributed by atoms with E-state index in [2.05, 4.69) is 9.88 Å². The standard InChI is InChI=1S/C23H30N2O3/c26-21(22-9-16-6-17(10-22)8-18(7-16)11-22)25-14-23(15-25)19(3-5-28-23)13-27-20-2-1-4-24-12-20/h1-2,4,12,16-19H,3,5-11,13-15H2/t16?,17?,18?,19-,22?/m1/s1. The van der Waals surface area contributed by atoms with E-state index in [0.717, 1.165) is 68.9 Å². The minimum absolute atomic E-state index is 0.0311. The molecule has 1 atom stereocenters. The van der Waals surface area contributed by atoms with Gasteiger partial charge >= 0.3 is 0 Å². The summed E-state index contributed by atoms with van der Waals surface area (Å²) in [5.41, 5.74) is -0.211. The number of hydrogen-bond acceptors (Lipinski definition) is 4. The quantitative estimate of drug-likeness (QED) is 0.802. The molecule has 2 saturated heterocycles. The van der Waals surface area contributed by atoms with Crippen molar-refractivity contribution in [2.24, 2.45) is 29.1 Å². The molecule has 7 rings (SSSR count). The van der Waals surface area contributed by atoms with Crippen molar-refractivity contribution < 1.29 is 14.3 Å². The highest BCUT2D eigenvalue weighted by Crippen LogP contribution is 2.61. The van der Waals surface area contributed by atoms with Crippen molar-refractivity contribution in [1.29, 1.82) is 0 Å². The third-order valence-corrected chi connectivity index (χ3v) is 8.38. The van der Waals surface area contributed by atoms with E-state index in [1.54, 1.807) is 12.4 Å². The fourth-order valence-electron chi connectivity index (χ4n) is 7.45. The predicted octanol–water partition coefficient (Wildman–Crippen LogP) is 3.29. The highest BCUT2D eigenvalue weighted by molar-refractivity contribution is 5.84. The highest BCUT2D eigenvalue weighted by Gasteiger charge is 2.60. The Labute approximate surface area is 166 Å². The summed E-state index contributed by atoms with van der Waals surface area (Å²) >= 11 is 0. The van der Waals surface area contributed by atoms with Crippen molar-refractivity contribution >= 4 is 5.91 Å². The summed E-state index contributed by atoms with van der Waals surface area (Å²) in [5, 5.41) is 0.